The number of carbonyl (C=O) groups is 2. The van der Waals surface area contributed by atoms with E-state index in [1.807, 2.05) is 42.5 Å². The van der Waals surface area contributed by atoms with Crippen LogP contribution in [0.4, 0.5) is 0 Å². The fourth-order valence-corrected chi connectivity index (χ4v) is 4.94. The van der Waals surface area contributed by atoms with E-state index in [4.69, 9.17) is 4.74 Å². The molecule has 0 spiro atoms. The summed E-state index contributed by atoms with van der Waals surface area (Å²) in [7, 11) is 0. The van der Waals surface area contributed by atoms with Crippen LogP contribution in [0.5, 0.6) is 11.5 Å². The number of rotatable bonds is 9. The van der Waals surface area contributed by atoms with Gasteiger partial charge in [0, 0.05) is 13.1 Å². The first-order valence-electron chi connectivity index (χ1n) is 12.3. The van der Waals surface area contributed by atoms with Crippen LogP contribution in [0.1, 0.15) is 38.2 Å². The summed E-state index contributed by atoms with van der Waals surface area (Å²) in [4.78, 5) is 29.8. The molecule has 8 heteroatoms. The highest BCUT2D eigenvalue weighted by molar-refractivity contribution is 5.97. The lowest BCUT2D eigenvalue weighted by molar-refractivity contribution is -0.153. The fourth-order valence-electron chi connectivity index (χ4n) is 4.94. The van der Waals surface area contributed by atoms with Gasteiger partial charge in [0.15, 0.2) is 0 Å². The number of aliphatic hydroxyl groups excluding tert-OH is 1. The molecule has 2 aliphatic heterocycles. The lowest BCUT2D eigenvalue weighted by Gasteiger charge is -2.44. The Bertz CT molecular complexity index is 949. The first-order valence-corrected chi connectivity index (χ1v) is 12.3. The Balaban J connectivity index is 0.00000342. The van der Waals surface area contributed by atoms with Gasteiger partial charge >= 0.3 is 0 Å². The quantitative estimate of drug-likeness (QED) is 0.548. The van der Waals surface area contributed by atoms with E-state index in [9.17, 15) is 14.7 Å². The highest BCUT2D eigenvalue weighted by atomic mass is 35.5. The van der Waals surface area contributed by atoms with E-state index in [1.54, 1.807) is 4.90 Å². The van der Waals surface area contributed by atoms with Crippen LogP contribution in [0.15, 0.2) is 54.6 Å². The standard InChI is InChI=1S/C27H35N3O4.ClH/c1-2-3-15-30-25(26(32)28-24(19-31)27(30)33)21-13-16-29(17-14-21)18-20-9-11-23(12-10-20)34-22-7-5-4-6-8-22;/h4-12,21,24-25,31H,2-3,13-19H2,1H3,(H,28,32);1H/t24-,25-;/m0./s1. The van der Waals surface area contributed by atoms with Crippen molar-refractivity contribution in [3.05, 3.63) is 60.2 Å². The van der Waals surface area contributed by atoms with E-state index in [1.165, 1.54) is 5.56 Å². The average Bonchev–Trinajstić information content (AvgIpc) is 2.86. The Kier molecular flexibility index (Phi) is 9.95. The number of hydrogen-bond donors (Lipinski definition) is 2. The maximum atomic E-state index is 12.9. The van der Waals surface area contributed by atoms with Crippen molar-refractivity contribution in [2.24, 2.45) is 5.92 Å². The minimum Gasteiger partial charge on any atom is -0.457 e. The largest absolute Gasteiger partial charge is 0.457 e. The number of halogens is 1. The van der Waals surface area contributed by atoms with Crippen molar-refractivity contribution in [1.82, 2.24) is 15.1 Å². The number of piperidine rings is 1. The lowest BCUT2D eigenvalue weighted by atomic mass is 9.85. The van der Waals surface area contributed by atoms with Crippen LogP contribution in [0, 0.1) is 5.92 Å². The SMILES string of the molecule is CCCCN1C(=O)[C@H](CO)NC(=O)[C@@H]1C1CCN(Cc2ccc(Oc3ccccc3)cc2)CC1.Cl. The van der Waals surface area contributed by atoms with E-state index >= 15 is 0 Å². The van der Waals surface area contributed by atoms with Gasteiger partial charge in [0.1, 0.15) is 23.6 Å². The second kappa shape index (κ2) is 12.9. The molecule has 2 N–H and O–H groups in total. The van der Waals surface area contributed by atoms with Crippen LogP contribution in [0.3, 0.4) is 0 Å². The molecule has 0 saturated carbocycles. The molecule has 2 atom stereocenters. The van der Waals surface area contributed by atoms with Crippen molar-refractivity contribution in [2.45, 2.75) is 51.2 Å². The molecule has 35 heavy (non-hydrogen) atoms. The Hall–Kier alpha value is -2.61. The number of carbonyl (C=O) groups excluding carboxylic acids is 2. The molecular weight excluding hydrogens is 466 g/mol. The zero-order valence-corrected chi connectivity index (χ0v) is 21.1. The zero-order valence-electron chi connectivity index (χ0n) is 20.3. The van der Waals surface area contributed by atoms with Crippen LogP contribution in [-0.2, 0) is 16.1 Å². The zero-order chi connectivity index (χ0) is 23.9. The number of aliphatic hydroxyl groups is 1. The van der Waals surface area contributed by atoms with E-state index < -0.39 is 12.1 Å². The van der Waals surface area contributed by atoms with Crippen molar-refractivity contribution in [3.8, 4) is 11.5 Å². The molecule has 7 nitrogen and oxygen atoms in total. The predicted octanol–water partition coefficient (Wildman–Crippen LogP) is 3.60. The maximum Gasteiger partial charge on any atom is 0.248 e. The molecule has 0 unspecified atom stereocenters. The van der Waals surface area contributed by atoms with Crippen molar-refractivity contribution < 1.29 is 19.4 Å². The van der Waals surface area contributed by atoms with Gasteiger partial charge in [0.2, 0.25) is 11.8 Å². The molecule has 0 radical (unpaired) electrons. The Labute approximate surface area is 213 Å². The van der Waals surface area contributed by atoms with Crippen molar-refractivity contribution >= 4 is 24.2 Å². The summed E-state index contributed by atoms with van der Waals surface area (Å²) in [5, 5.41) is 12.2. The van der Waals surface area contributed by atoms with Crippen molar-refractivity contribution in [2.75, 3.05) is 26.2 Å². The molecule has 2 aromatic rings. The molecule has 2 aliphatic rings. The molecule has 2 saturated heterocycles. The fraction of sp³-hybridized carbons (Fsp3) is 0.481. The lowest BCUT2D eigenvalue weighted by Crippen LogP contribution is -2.66. The molecule has 2 amide bonds. The average molecular weight is 502 g/mol. The minimum atomic E-state index is -0.811. The highest BCUT2D eigenvalue weighted by Crippen LogP contribution is 2.29. The third-order valence-corrected chi connectivity index (χ3v) is 6.82. The number of nitrogens with one attached hydrogen (secondary N) is 1. The Morgan fingerprint density at radius 1 is 1.00 bits per heavy atom. The van der Waals surface area contributed by atoms with Crippen LogP contribution in [-0.4, -0.2) is 65.0 Å². The topological polar surface area (TPSA) is 82.1 Å². The van der Waals surface area contributed by atoms with Gasteiger partial charge in [-0.25, -0.2) is 0 Å². The van der Waals surface area contributed by atoms with E-state index in [0.717, 1.165) is 56.8 Å². The second-order valence-corrected chi connectivity index (χ2v) is 9.25. The van der Waals surface area contributed by atoms with Gasteiger partial charge in [-0.1, -0.05) is 43.7 Å². The number of para-hydroxylation sites is 1. The number of ether oxygens (including phenoxy) is 1. The third kappa shape index (κ3) is 6.75. The second-order valence-electron chi connectivity index (χ2n) is 9.25. The van der Waals surface area contributed by atoms with Gasteiger partial charge in [0.05, 0.1) is 6.61 Å². The normalized spacial score (nSPS) is 21.4. The molecule has 2 heterocycles. The van der Waals surface area contributed by atoms with Gasteiger partial charge in [0.25, 0.3) is 0 Å². The first-order chi connectivity index (χ1) is 16.6. The highest BCUT2D eigenvalue weighted by Gasteiger charge is 2.44. The Morgan fingerprint density at radius 2 is 1.66 bits per heavy atom. The van der Waals surface area contributed by atoms with Gasteiger partial charge in [-0.3, -0.25) is 14.5 Å². The number of benzene rings is 2. The van der Waals surface area contributed by atoms with E-state index in [2.05, 4.69) is 29.3 Å². The van der Waals surface area contributed by atoms with Crippen molar-refractivity contribution in [1.29, 1.82) is 0 Å². The van der Waals surface area contributed by atoms with Gasteiger partial charge < -0.3 is 20.1 Å². The molecule has 0 bridgehead atoms. The summed E-state index contributed by atoms with van der Waals surface area (Å²) < 4.78 is 5.88. The van der Waals surface area contributed by atoms with Crippen LogP contribution in [0.25, 0.3) is 0 Å². The van der Waals surface area contributed by atoms with Gasteiger partial charge in [-0.2, -0.15) is 0 Å². The molecule has 4 rings (SSSR count). The summed E-state index contributed by atoms with van der Waals surface area (Å²) in [5.74, 6) is 1.50. The van der Waals surface area contributed by atoms with Crippen LogP contribution in [0.2, 0.25) is 0 Å². The number of amides is 2. The third-order valence-electron chi connectivity index (χ3n) is 6.82. The smallest absolute Gasteiger partial charge is 0.248 e. The van der Waals surface area contributed by atoms with Crippen LogP contribution >= 0.6 is 12.4 Å². The molecule has 2 fully saturated rings. The van der Waals surface area contributed by atoms with E-state index in [0.29, 0.717) is 6.54 Å². The summed E-state index contributed by atoms with van der Waals surface area (Å²) in [6.45, 7) is 4.91. The monoisotopic (exact) mass is 501 g/mol. The minimum absolute atomic E-state index is 0. The molecule has 190 valence electrons. The summed E-state index contributed by atoms with van der Waals surface area (Å²) in [6, 6.07) is 16.7. The Morgan fingerprint density at radius 3 is 2.29 bits per heavy atom. The maximum absolute atomic E-state index is 12.9. The number of piperazine rings is 1. The van der Waals surface area contributed by atoms with Gasteiger partial charge in [-0.05, 0) is 68.1 Å². The number of unbranched alkanes of at least 4 members (excludes halogenated alkanes) is 1. The van der Waals surface area contributed by atoms with Gasteiger partial charge in [-0.15, -0.1) is 12.4 Å². The molecule has 0 aromatic heterocycles. The number of likely N-dealkylation sites (tertiary alicyclic amines) is 1. The summed E-state index contributed by atoms with van der Waals surface area (Å²) in [6.07, 6.45) is 3.55. The number of nitrogens with zero attached hydrogens (tertiary/aromatic N) is 2. The number of hydrogen-bond acceptors (Lipinski definition) is 5. The van der Waals surface area contributed by atoms with Crippen LogP contribution < -0.4 is 10.1 Å². The van der Waals surface area contributed by atoms with Crippen molar-refractivity contribution in [3.63, 3.8) is 0 Å². The molecule has 0 aliphatic carbocycles. The predicted molar refractivity (Wildman–Crippen MR) is 138 cm³/mol. The van der Waals surface area contributed by atoms with E-state index in [-0.39, 0.29) is 36.7 Å². The first kappa shape index (κ1) is 27.0. The summed E-state index contributed by atoms with van der Waals surface area (Å²) >= 11 is 0. The molecule has 2 aromatic carbocycles. The summed E-state index contributed by atoms with van der Waals surface area (Å²) in [5.41, 5.74) is 1.22. The molecular formula is C27H36ClN3O4.